The molecule has 0 spiro atoms. The van der Waals surface area contributed by atoms with Crippen molar-refractivity contribution in [3.05, 3.63) is 29.3 Å². The van der Waals surface area contributed by atoms with Gasteiger partial charge in [0.15, 0.2) is 0 Å². The molecule has 1 saturated heterocycles. The van der Waals surface area contributed by atoms with Gasteiger partial charge in [0, 0.05) is 36.6 Å². The number of hydrogen-bond donors (Lipinski definition) is 1. The zero-order valence-corrected chi connectivity index (χ0v) is 14.6. The predicted molar refractivity (Wildman–Crippen MR) is 67.4 cm³/mol. The number of benzene rings is 1. The Balaban J connectivity index is 0.00000133. The van der Waals surface area contributed by atoms with Crippen LogP contribution in [-0.2, 0) is 11.2 Å². The van der Waals surface area contributed by atoms with Crippen LogP contribution in [0.1, 0.15) is 23.5 Å². The second kappa shape index (κ2) is 6.24. The Hall–Kier alpha value is 0.0864. The van der Waals surface area contributed by atoms with E-state index in [1.807, 2.05) is 18.2 Å². The Bertz CT molecular complexity index is 492. The monoisotopic (exact) mass is 284 g/mol. The molecule has 0 amide bonds. The van der Waals surface area contributed by atoms with Gasteiger partial charge in [-0.05, 0) is 37.2 Å². The van der Waals surface area contributed by atoms with Crippen LogP contribution in [0, 0.1) is 0 Å². The van der Waals surface area contributed by atoms with Crippen molar-refractivity contribution < 1.29 is 61.3 Å². The van der Waals surface area contributed by atoms with Gasteiger partial charge in [-0.3, -0.25) is 0 Å². The van der Waals surface area contributed by atoms with Crippen LogP contribution in [0.4, 0.5) is 5.69 Å². The number of anilines is 1. The molecule has 0 aromatic heterocycles. The molecule has 2 aliphatic rings. The molecule has 2 aliphatic heterocycles. The average Bonchev–Trinajstić information content (AvgIpc) is 2.66. The quantitative estimate of drug-likeness (QED) is 0.596. The molecule has 96 valence electrons. The number of piperidine rings is 1. The molecule has 5 heteroatoms. The van der Waals surface area contributed by atoms with Crippen LogP contribution in [0.5, 0.6) is 0 Å². The van der Waals surface area contributed by atoms with Crippen molar-refractivity contribution in [1.82, 2.24) is 4.90 Å². The first-order valence-electron chi connectivity index (χ1n) is 6.41. The zero-order chi connectivity index (χ0) is 12.7. The molecule has 0 aliphatic carbocycles. The fourth-order valence-corrected chi connectivity index (χ4v) is 3.13. The van der Waals surface area contributed by atoms with E-state index in [2.05, 4.69) is 17.3 Å². The van der Waals surface area contributed by atoms with Crippen molar-refractivity contribution in [2.45, 2.75) is 24.8 Å². The Kier molecular flexibility index (Phi) is 5.08. The summed E-state index contributed by atoms with van der Waals surface area (Å²) in [7, 11) is 2.14. The minimum Gasteiger partial charge on any atom is -0.550 e. The van der Waals surface area contributed by atoms with Crippen LogP contribution in [0.15, 0.2) is 18.2 Å². The van der Waals surface area contributed by atoms with Gasteiger partial charge >= 0.3 is 51.4 Å². The largest absolute Gasteiger partial charge is 1.00 e. The number of carboxylic acid groups (broad SMARTS) is 1. The van der Waals surface area contributed by atoms with Crippen molar-refractivity contribution in [1.29, 1.82) is 0 Å². The maximum atomic E-state index is 10.7. The summed E-state index contributed by atoms with van der Waals surface area (Å²) < 4.78 is 0. The van der Waals surface area contributed by atoms with Gasteiger partial charge in [-0.15, -0.1) is 0 Å². The van der Waals surface area contributed by atoms with Crippen LogP contribution in [0.2, 0.25) is 0 Å². The summed E-state index contributed by atoms with van der Waals surface area (Å²) in [6, 6.07) is 6.42. The summed E-state index contributed by atoms with van der Waals surface area (Å²) in [6.45, 7) is 2.16. The van der Waals surface area contributed by atoms with E-state index in [0.29, 0.717) is 12.0 Å². The smallest absolute Gasteiger partial charge is 0.550 e. The Morgan fingerprint density at radius 1 is 1.53 bits per heavy atom. The summed E-state index contributed by atoms with van der Waals surface area (Å²) in [5, 5.41) is 14.2. The molecule has 1 aromatic carbocycles. The number of fused-ring (bicyclic) bond motifs is 3. The molecule has 1 aromatic rings. The van der Waals surface area contributed by atoms with E-state index in [4.69, 9.17) is 0 Å². The van der Waals surface area contributed by atoms with E-state index in [0.717, 1.165) is 25.1 Å². The molecule has 19 heavy (non-hydrogen) atoms. The van der Waals surface area contributed by atoms with Crippen LogP contribution >= 0.6 is 0 Å². The third-order valence-corrected chi connectivity index (χ3v) is 4.02. The zero-order valence-electron chi connectivity index (χ0n) is 11.5. The van der Waals surface area contributed by atoms with Gasteiger partial charge in [-0.25, -0.2) is 0 Å². The normalized spacial score (nSPS) is 24.9. The van der Waals surface area contributed by atoms with Gasteiger partial charge in [0.25, 0.3) is 0 Å². The van der Waals surface area contributed by atoms with Crippen LogP contribution < -0.4 is 61.8 Å². The molecule has 1 N–H and O–H groups in total. The number of likely N-dealkylation sites (tertiary alicyclic amines) is 1. The molecule has 4 nitrogen and oxygen atoms in total. The third kappa shape index (κ3) is 3.23. The predicted octanol–water partition coefficient (Wildman–Crippen LogP) is -2.80. The fourth-order valence-electron chi connectivity index (χ4n) is 3.13. The van der Waals surface area contributed by atoms with Gasteiger partial charge in [-0.1, -0.05) is 12.1 Å². The maximum Gasteiger partial charge on any atom is 1.00 e. The number of hydrogen-bond acceptors (Lipinski definition) is 4. The van der Waals surface area contributed by atoms with E-state index >= 15 is 0 Å². The number of rotatable bonds is 2. The molecular weight excluding hydrogens is 267 g/mol. The number of nitrogens with zero attached hydrogens (tertiary/aromatic N) is 1. The fraction of sp³-hybridized carbons (Fsp3) is 0.500. The number of carbonyl (C=O) groups excluding carboxylic acids is 1. The Labute approximate surface area is 156 Å². The minimum atomic E-state index is -1.02. The topological polar surface area (TPSA) is 55.4 Å². The third-order valence-electron chi connectivity index (χ3n) is 4.02. The standard InChI is InChI=1S/C14H18N2O2.K/c1-16-5-4-13-11(8-16)10-6-9(7-14(17)18)2-3-12(10)15-13;/h2-3,6,11,13,15H,4-5,7-8H2,1H3,(H,17,18);/q;+1/p-1/t11-,13-;/m0./s1. The summed E-state index contributed by atoms with van der Waals surface area (Å²) >= 11 is 0. The summed E-state index contributed by atoms with van der Waals surface area (Å²) in [6.07, 6.45) is 1.15. The van der Waals surface area contributed by atoms with Gasteiger partial charge < -0.3 is 20.1 Å². The van der Waals surface area contributed by atoms with Gasteiger partial charge in [0.2, 0.25) is 0 Å². The van der Waals surface area contributed by atoms with Crippen LogP contribution in [0.3, 0.4) is 0 Å². The Morgan fingerprint density at radius 3 is 3.05 bits per heavy atom. The van der Waals surface area contributed by atoms with E-state index in [-0.39, 0.29) is 57.8 Å². The maximum absolute atomic E-state index is 10.7. The number of aliphatic carboxylic acids is 1. The van der Waals surface area contributed by atoms with Crippen molar-refractivity contribution in [3.8, 4) is 0 Å². The first kappa shape index (κ1) is 15.5. The summed E-state index contributed by atoms with van der Waals surface area (Å²) in [5.41, 5.74) is 3.28. The van der Waals surface area contributed by atoms with Gasteiger partial charge in [-0.2, -0.15) is 0 Å². The molecule has 3 rings (SSSR count). The van der Waals surface area contributed by atoms with E-state index in [1.165, 1.54) is 11.3 Å². The summed E-state index contributed by atoms with van der Waals surface area (Å²) in [4.78, 5) is 13.0. The van der Waals surface area contributed by atoms with E-state index in [1.54, 1.807) is 0 Å². The second-order valence-corrected chi connectivity index (χ2v) is 5.38. The molecule has 2 heterocycles. The Morgan fingerprint density at radius 2 is 2.32 bits per heavy atom. The molecular formula is C14H17KN2O2. The molecule has 0 bridgehead atoms. The molecule has 0 unspecified atom stereocenters. The molecule has 1 fully saturated rings. The SMILES string of the molecule is CN1CC[C@@H]2Nc3ccc(CC(=O)[O-])cc3[C@@H]2C1.[K+]. The summed E-state index contributed by atoms with van der Waals surface area (Å²) in [5.74, 6) is -0.529. The van der Waals surface area contributed by atoms with Crippen molar-refractivity contribution in [2.24, 2.45) is 0 Å². The van der Waals surface area contributed by atoms with Gasteiger partial charge in [0.1, 0.15) is 0 Å². The second-order valence-electron chi connectivity index (χ2n) is 5.38. The van der Waals surface area contributed by atoms with Crippen LogP contribution in [0.25, 0.3) is 0 Å². The van der Waals surface area contributed by atoms with Crippen molar-refractivity contribution in [3.63, 3.8) is 0 Å². The number of carboxylic acids is 1. The first-order chi connectivity index (χ1) is 8.63. The molecule has 2 atom stereocenters. The van der Waals surface area contributed by atoms with E-state index < -0.39 is 5.97 Å². The molecule has 0 saturated carbocycles. The number of likely N-dealkylation sites (N-methyl/N-ethyl adjacent to an activating group) is 1. The number of carbonyl (C=O) groups is 1. The first-order valence-corrected chi connectivity index (χ1v) is 6.41. The minimum absolute atomic E-state index is 0. The van der Waals surface area contributed by atoms with Crippen molar-refractivity contribution in [2.75, 3.05) is 25.5 Å². The van der Waals surface area contributed by atoms with Crippen molar-refractivity contribution >= 4 is 11.7 Å². The average molecular weight is 284 g/mol. The van der Waals surface area contributed by atoms with Crippen LogP contribution in [-0.4, -0.2) is 37.0 Å². The van der Waals surface area contributed by atoms with Gasteiger partial charge in [0.05, 0.1) is 0 Å². The number of nitrogens with one attached hydrogen (secondary N) is 1. The molecule has 0 radical (unpaired) electrons. The van der Waals surface area contributed by atoms with E-state index in [9.17, 15) is 9.90 Å².